The van der Waals surface area contributed by atoms with Crippen molar-refractivity contribution in [3.8, 4) is 0 Å². The lowest BCUT2D eigenvalue weighted by Crippen LogP contribution is -2.22. The van der Waals surface area contributed by atoms with Crippen LogP contribution in [0.3, 0.4) is 0 Å². The fraction of sp³-hybridized carbons (Fsp3) is 0.500. The van der Waals surface area contributed by atoms with Crippen LogP contribution in [-0.4, -0.2) is 37.1 Å². The maximum atomic E-state index is 11.9. The van der Waals surface area contributed by atoms with E-state index in [0.717, 1.165) is 26.1 Å². The molecule has 0 radical (unpaired) electrons. The third kappa shape index (κ3) is 3.85. The van der Waals surface area contributed by atoms with Crippen LogP contribution < -0.4 is 5.73 Å². The van der Waals surface area contributed by atoms with Crippen molar-refractivity contribution in [2.24, 2.45) is 0 Å². The molecule has 0 amide bonds. The Morgan fingerprint density at radius 2 is 2.11 bits per heavy atom. The summed E-state index contributed by atoms with van der Waals surface area (Å²) in [6.07, 6.45) is 3.39. The Morgan fingerprint density at radius 1 is 1.37 bits per heavy atom. The summed E-state index contributed by atoms with van der Waals surface area (Å²) in [4.78, 5) is 14.3. The molecule has 5 heteroatoms. The molecule has 0 bridgehead atoms. The number of nitrogens with two attached hydrogens (primary N) is 1. The molecule has 4 nitrogen and oxygen atoms in total. The van der Waals surface area contributed by atoms with Crippen molar-refractivity contribution >= 4 is 23.3 Å². The summed E-state index contributed by atoms with van der Waals surface area (Å²) in [7, 11) is 0. The van der Waals surface area contributed by atoms with E-state index in [9.17, 15) is 4.79 Å². The van der Waals surface area contributed by atoms with Crippen LogP contribution in [0.4, 0.5) is 5.69 Å². The van der Waals surface area contributed by atoms with Gasteiger partial charge in [0.05, 0.1) is 11.6 Å². The van der Waals surface area contributed by atoms with Crippen LogP contribution in [0.1, 0.15) is 29.6 Å². The third-order valence-corrected chi connectivity index (χ3v) is 3.62. The summed E-state index contributed by atoms with van der Waals surface area (Å²) in [5, 5.41) is 0.338. The maximum absolute atomic E-state index is 11.9. The Kier molecular flexibility index (Phi) is 5.05. The van der Waals surface area contributed by atoms with Gasteiger partial charge >= 0.3 is 5.97 Å². The quantitative estimate of drug-likeness (QED) is 0.512. The number of hydrogen-bond acceptors (Lipinski definition) is 4. The first-order chi connectivity index (χ1) is 9.18. The topological polar surface area (TPSA) is 55.6 Å². The molecule has 0 aromatic heterocycles. The Hall–Kier alpha value is -1.26. The Morgan fingerprint density at radius 3 is 2.79 bits per heavy atom. The summed E-state index contributed by atoms with van der Waals surface area (Å²) in [6.45, 7) is 3.70. The number of likely N-dealkylation sites (tertiary alicyclic amines) is 1. The minimum Gasteiger partial charge on any atom is -0.462 e. The molecule has 1 aromatic rings. The van der Waals surface area contributed by atoms with E-state index in [4.69, 9.17) is 22.1 Å². The summed E-state index contributed by atoms with van der Waals surface area (Å²) in [6, 6.07) is 4.99. The van der Waals surface area contributed by atoms with E-state index in [1.165, 1.54) is 12.8 Å². The number of rotatable bonds is 5. The first kappa shape index (κ1) is 14.2. The molecule has 1 aliphatic heterocycles. The molecular weight excluding hydrogens is 264 g/mol. The van der Waals surface area contributed by atoms with E-state index >= 15 is 0 Å². The summed E-state index contributed by atoms with van der Waals surface area (Å²) >= 11 is 5.95. The monoisotopic (exact) mass is 282 g/mol. The number of hydrogen-bond donors (Lipinski definition) is 1. The Balaban J connectivity index is 1.77. The zero-order valence-corrected chi connectivity index (χ0v) is 11.7. The minimum absolute atomic E-state index is 0.269. The Bertz CT molecular complexity index is 425. The predicted octanol–water partition coefficient (Wildman–Crippen LogP) is 2.56. The van der Waals surface area contributed by atoms with Crippen LogP contribution in [0.25, 0.3) is 0 Å². The number of anilines is 1. The lowest BCUT2D eigenvalue weighted by molar-refractivity contribution is 0.0492. The van der Waals surface area contributed by atoms with E-state index in [1.54, 1.807) is 18.2 Å². The van der Waals surface area contributed by atoms with Gasteiger partial charge in [0.2, 0.25) is 0 Å². The molecule has 1 aliphatic rings. The molecule has 19 heavy (non-hydrogen) atoms. The van der Waals surface area contributed by atoms with Crippen molar-refractivity contribution < 1.29 is 9.53 Å². The minimum atomic E-state index is -0.440. The van der Waals surface area contributed by atoms with Gasteiger partial charge in [-0.05, 0) is 44.5 Å². The molecular formula is C14H19ClN2O2. The van der Waals surface area contributed by atoms with E-state index < -0.39 is 5.97 Å². The molecule has 0 aliphatic carbocycles. The van der Waals surface area contributed by atoms with Crippen LogP contribution in [0, 0.1) is 0 Å². The van der Waals surface area contributed by atoms with Gasteiger partial charge in [-0.1, -0.05) is 17.7 Å². The Labute approximate surface area is 118 Å². The SMILES string of the molecule is Nc1cccc(Cl)c1C(=O)OCCCN1CCCC1. The second-order valence-corrected chi connectivity index (χ2v) is 5.15. The van der Waals surface area contributed by atoms with Gasteiger partial charge in [0.1, 0.15) is 5.56 Å². The van der Waals surface area contributed by atoms with Crippen molar-refractivity contribution in [2.45, 2.75) is 19.3 Å². The van der Waals surface area contributed by atoms with E-state index in [1.807, 2.05) is 0 Å². The van der Waals surface area contributed by atoms with Crippen molar-refractivity contribution in [3.63, 3.8) is 0 Å². The molecule has 0 unspecified atom stereocenters. The zero-order chi connectivity index (χ0) is 13.7. The number of benzene rings is 1. The first-order valence-corrected chi connectivity index (χ1v) is 7.00. The number of nitrogens with zero attached hydrogens (tertiary/aromatic N) is 1. The molecule has 1 heterocycles. The average Bonchev–Trinajstić information content (AvgIpc) is 2.87. The normalized spacial score (nSPS) is 15.6. The third-order valence-electron chi connectivity index (χ3n) is 3.30. The number of carbonyl (C=O) groups excluding carboxylic acids is 1. The number of esters is 1. The standard InChI is InChI=1S/C14H19ClN2O2/c15-11-5-3-6-12(16)13(11)14(18)19-10-4-9-17-7-1-2-8-17/h3,5-6H,1-2,4,7-10,16H2. The molecule has 0 saturated carbocycles. The number of nitrogen functional groups attached to an aromatic ring is 1. The fourth-order valence-corrected chi connectivity index (χ4v) is 2.55. The van der Waals surface area contributed by atoms with Crippen LogP contribution in [0.2, 0.25) is 5.02 Å². The largest absolute Gasteiger partial charge is 0.462 e. The van der Waals surface area contributed by atoms with Gasteiger partial charge in [-0.25, -0.2) is 4.79 Å². The lowest BCUT2D eigenvalue weighted by atomic mass is 10.2. The molecule has 1 saturated heterocycles. The van der Waals surface area contributed by atoms with Crippen molar-refractivity contribution in [2.75, 3.05) is 32.0 Å². The summed E-state index contributed by atoms with van der Waals surface area (Å²) < 4.78 is 5.22. The lowest BCUT2D eigenvalue weighted by Gasteiger charge is -2.14. The number of halogens is 1. The fourth-order valence-electron chi connectivity index (χ4n) is 2.29. The molecule has 104 valence electrons. The molecule has 0 spiro atoms. The number of ether oxygens (including phenoxy) is 1. The first-order valence-electron chi connectivity index (χ1n) is 6.62. The van der Waals surface area contributed by atoms with Gasteiger partial charge in [0.15, 0.2) is 0 Å². The van der Waals surface area contributed by atoms with Crippen LogP contribution >= 0.6 is 11.6 Å². The van der Waals surface area contributed by atoms with Crippen LogP contribution in [-0.2, 0) is 4.74 Å². The van der Waals surface area contributed by atoms with Crippen molar-refractivity contribution in [1.82, 2.24) is 4.90 Å². The average molecular weight is 283 g/mol. The number of carbonyl (C=O) groups is 1. The van der Waals surface area contributed by atoms with Gasteiger partial charge in [-0.3, -0.25) is 0 Å². The van der Waals surface area contributed by atoms with Crippen LogP contribution in [0.5, 0.6) is 0 Å². The smallest absolute Gasteiger partial charge is 0.341 e. The van der Waals surface area contributed by atoms with Crippen molar-refractivity contribution in [3.05, 3.63) is 28.8 Å². The highest BCUT2D eigenvalue weighted by molar-refractivity contribution is 6.34. The van der Waals surface area contributed by atoms with E-state index in [0.29, 0.717) is 17.3 Å². The highest BCUT2D eigenvalue weighted by Gasteiger charge is 2.16. The van der Waals surface area contributed by atoms with Gasteiger partial charge in [0, 0.05) is 12.2 Å². The summed E-state index contributed by atoms with van der Waals surface area (Å²) in [5.74, 6) is -0.440. The van der Waals surface area contributed by atoms with Crippen LogP contribution in [0.15, 0.2) is 18.2 Å². The second-order valence-electron chi connectivity index (χ2n) is 4.74. The molecule has 1 fully saturated rings. The van der Waals surface area contributed by atoms with E-state index in [2.05, 4.69) is 4.90 Å². The van der Waals surface area contributed by atoms with Gasteiger partial charge in [-0.15, -0.1) is 0 Å². The van der Waals surface area contributed by atoms with E-state index in [-0.39, 0.29) is 5.56 Å². The zero-order valence-electron chi connectivity index (χ0n) is 10.9. The molecule has 2 N–H and O–H groups in total. The van der Waals surface area contributed by atoms with Gasteiger partial charge in [0.25, 0.3) is 0 Å². The molecule has 2 rings (SSSR count). The molecule has 1 aromatic carbocycles. The highest BCUT2D eigenvalue weighted by atomic mass is 35.5. The van der Waals surface area contributed by atoms with Gasteiger partial charge in [-0.2, -0.15) is 0 Å². The maximum Gasteiger partial charge on any atom is 0.341 e. The molecule has 0 atom stereocenters. The second kappa shape index (κ2) is 6.78. The summed E-state index contributed by atoms with van der Waals surface area (Å²) in [5.41, 5.74) is 6.36. The predicted molar refractivity (Wildman–Crippen MR) is 76.4 cm³/mol. The van der Waals surface area contributed by atoms with Crippen molar-refractivity contribution in [1.29, 1.82) is 0 Å². The highest BCUT2D eigenvalue weighted by Crippen LogP contribution is 2.22. The van der Waals surface area contributed by atoms with Gasteiger partial charge < -0.3 is 15.4 Å².